The van der Waals surface area contributed by atoms with E-state index in [0.29, 0.717) is 0 Å². The molecule has 2 rings (SSSR count). The minimum absolute atomic E-state index is 0.0122. The summed E-state index contributed by atoms with van der Waals surface area (Å²) in [5.41, 5.74) is -4.43. The Morgan fingerprint density at radius 1 is 1.25 bits per heavy atom. The summed E-state index contributed by atoms with van der Waals surface area (Å²) in [5, 5.41) is 1.95. The Balaban J connectivity index is 2.18. The first-order valence-electron chi connectivity index (χ1n) is 5.34. The molecule has 1 heterocycles. The fourth-order valence-corrected chi connectivity index (χ4v) is 2.24. The Morgan fingerprint density at radius 2 is 1.85 bits per heavy atom. The topological polar surface area (TPSA) is 38.3 Å². The molecule has 3 nitrogen and oxygen atoms in total. The molecule has 1 N–H and O–H groups in total. The fraction of sp³-hybridized carbons (Fsp3) is 0.364. The maximum Gasteiger partial charge on any atom is 0.446 e. The number of nitrogens with one attached hydrogen (secondary N) is 1. The second-order valence-corrected chi connectivity index (χ2v) is 5.17. The molecule has 0 spiro atoms. The molecule has 1 aromatic carbocycles. The highest BCUT2D eigenvalue weighted by Gasteiger charge is 2.46. The molecule has 0 saturated carbocycles. The van der Waals surface area contributed by atoms with Gasteiger partial charge >= 0.3 is 17.5 Å². The van der Waals surface area contributed by atoms with Crippen molar-refractivity contribution in [1.82, 2.24) is 5.32 Å². The molecule has 20 heavy (non-hydrogen) atoms. The Hall–Kier alpha value is -1.51. The predicted octanol–water partition coefficient (Wildman–Crippen LogP) is 3.71. The Kier molecular flexibility index (Phi) is 3.81. The van der Waals surface area contributed by atoms with Crippen molar-refractivity contribution in [2.45, 2.75) is 22.4 Å². The van der Waals surface area contributed by atoms with Crippen LogP contribution in [0.3, 0.4) is 0 Å². The Morgan fingerprint density at radius 3 is 2.40 bits per heavy atom. The lowest BCUT2D eigenvalue weighted by Crippen LogP contribution is -2.49. The molecule has 0 aliphatic carbocycles. The normalized spacial score (nSPS) is 22.1. The van der Waals surface area contributed by atoms with Gasteiger partial charge in [0.2, 0.25) is 0 Å². The van der Waals surface area contributed by atoms with Crippen molar-refractivity contribution in [1.29, 1.82) is 0 Å². The molecule has 1 aromatic rings. The van der Waals surface area contributed by atoms with E-state index in [1.165, 1.54) is 0 Å². The molecule has 1 amide bonds. The number of cyclic esters (lactones) is 1. The molecule has 1 saturated heterocycles. The third kappa shape index (κ3) is 3.53. The van der Waals surface area contributed by atoms with Gasteiger partial charge in [0.05, 0.1) is 0 Å². The molecule has 0 aromatic heterocycles. The number of amides is 1. The molecular formula is C11H8F5NO2S. The van der Waals surface area contributed by atoms with E-state index >= 15 is 0 Å². The Bertz CT molecular complexity index is 503. The average molecular weight is 313 g/mol. The standard InChI is InChI=1S/C11H8F5NO2S/c12-10(13)5-19-9(18)17-8(10)6-1-3-7(4-2-6)20-11(14,15)16/h1-4,8H,5H2,(H,17,18)/t8-/m1/s1. The number of alkyl halides is 5. The monoisotopic (exact) mass is 313 g/mol. The van der Waals surface area contributed by atoms with E-state index in [9.17, 15) is 26.7 Å². The van der Waals surface area contributed by atoms with Crippen LogP contribution in [0.5, 0.6) is 0 Å². The lowest BCUT2D eigenvalue weighted by atomic mass is 10.0. The summed E-state index contributed by atoms with van der Waals surface area (Å²) < 4.78 is 67.8. The summed E-state index contributed by atoms with van der Waals surface area (Å²) >= 11 is -0.343. The van der Waals surface area contributed by atoms with Gasteiger partial charge in [0, 0.05) is 4.90 Å². The zero-order chi connectivity index (χ0) is 15.0. The molecule has 1 aliphatic heterocycles. The maximum atomic E-state index is 13.6. The van der Waals surface area contributed by atoms with Crippen molar-refractivity contribution in [2.75, 3.05) is 6.61 Å². The molecule has 1 aliphatic rings. The van der Waals surface area contributed by atoms with Gasteiger partial charge in [-0.1, -0.05) is 12.1 Å². The van der Waals surface area contributed by atoms with E-state index in [4.69, 9.17) is 0 Å². The van der Waals surface area contributed by atoms with Crippen LogP contribution in [0.25, 0.3) is 0 Å². The van der Waals surface area contributed by atoms with Gasteiger partial charge in [-0.25, -0.2) is 13.6 Å². The van der Waals surface area contributed by atoms with Crippen LogP contribution in [0.1, 0.15) is 11.6 Å². The first-order valence-corrected chi connectivity index (χ1v) is 6.16. The van der Waals surface area contributed by atoms with Crippen molar-refractivity contribution >= 4 is 17.9 Å². The number of carbonyl (C=O) groups is 1. The van der Waals surface area contributed by atoms with E-state index in [1.54, 1.807) is 0 Å². The Labute approximate surface area is 114 Å². The van der Waals surface area contributed by atoms with Crippen molar-refractivity contribution in [2.24, 2.45) is 0 Å². The van der Waals surface area contributed by atoms with Crippen LogP contribution < -0.4 is 5.32 Å². The quantitative estimate of drug-likeness (QED) is 0.668. The maximum absolute atomic E-state index is 13.6. The van der Waals surface area contributed by atoms with Crippen LogP contribution in [-0.2, 0) is 4.74 Å². The van der Waals surface area contributed by atoms with Gasteiger partial charge in [-0.2, -0.15) is 13.2 Å². The molecule has 1 fully saturated rings. The number of halogens is 5. The van der Waals surface area contributed by atoms with E-state index in [2.05, 4.69) is 4.74 Å². The van der Waals surface area contributed by atoms with E-state index in [0.717, 1.165) is 24.3 Å². The zero-order valence-corrected chi connectivity index (χ0v) is 10.5. The van der Waals surface area contributed by atoms with Gasteiger partial charge in [-0.15, -0.1) is 0 Å². The number of ether oxygens (including phenoxy) is 1. The summed E-state index contributed by atoms with van der Waals surface area (Å²) in [6.45, 7) is -1.07. The summed E-state index contributed by atoms with van der Waals surface area (Å²) in [7, 11) is 0. The molecular weight excluding hydrogens is 305 g/mol. The van der Waals surface area contributed by atoms with Gasteiger partial charge in [-0.05, 0) is 29.5 Å². The van der Waals surface area contributed by atoms with Gasteiger partial charge < -0.3 is 10.1 Å². The predicted molar refractivity (Wildman–Crippen MR) is 60.5 cm³/mol. The number of hydrogen-bond donors (Lipinski definition) is 1. The third-order valence-electron chi connectivity index (χ3n) is 2.53. The number of benzene rings is 1. The summed E-state index contributed by atoms with van der Waals surface area (Å²) in [6.07, 6.45) is -0.991. The number of thioether (sulfide) groups is 1. The van der Waals surface area contributed by atoms with Gasteiger partial charge in [-0.3, -0.25) is 0 Å². The smallest absolute Gasteiger partial charge is 0.443 e. The summed E-state index contributed by atoms with van der Waals surface area (Å²) in [4.78, 5) is 10.8. The molecule has 110 valence electrons. The largest absolute Gasteiger partial charge is 0.446 e. The second-order valence-electron chi connectivity index (χ2n) is 4.03. The third-order valence-corrected chi connectivity index (χ3v) is 3.27. The molecule has 9 heteroatoms. The lowest BCUT2D eigenvalue weighted by molar-refractivity contribution is -0.104. The minimum atomic E-state index is -4.45. The van der Waals surface area contributed by atoms with Gasteiger partial charge in [0.25, 0.3) is 0 Å². The minimum Gasteiger partial charge on any atom is -0.443 e. The molecule has 1 atom stereocenters. The van der Waals surface area contributed by atoms with Crippen LogP contribution in [0.15, 0.2) is 29.2 Å². The first-order chi connectivity index (χ1) is 9.17. The van der Waals surface area contributed by atoms with E-state index in [1.807, 2.05) is 5.32 Å². The van der Waals surface area contributed by atoms with Crippen LogP contribution in [0, 0.1) is 0 Å². The number of alkyl carbamates (subject to hydrolysis) is 1. The summed E-state index contributed by atoms with van der Waals surface area (Å²) in [6, 6.07) is 2.78. The van der Waals surface area contributed by atoms with Crippen molar-refractivity contribution in [3.63, 3.8) is 0 Å². The van der Waals surface area contributed by atoms with Crippen LogP contribution in [0.4, 0.5) is 26.7 Å². The van der Waals surface area contributed by atoms with Crippen molar-refractivity contribution < 1.29 is 31.5 Å². The average Bonchev–Trinajstić information content (AvgIpc) is 2.32. The van der Waals surface area contributed by atoms with E-state index < -0.39 is 30.2 Å². The second kappa shape index (κ2) is 5.12. The fourth-order valence-electron chi connectivity index (χ4n) is 1.70. The molecule has 0 radical (unpaired) electrons. The van der Waals surface area contributed by atoms with Crippen LogP contribution >= 0.6 is 11.8 Å². The van der Waals surface area contributed by atoms with Gasteiger partial charge in [0.15, 0.2) is 6.61 Å². The highest BCUT2D eigenvalue weighted by Crippen LogP contribution is 2.39. The number of rotatable bonds is 2. The van der Waals surface area contributed by atoms with Crippen LogP contribution in [-0.4, -0.2) is 24.1 Å². The number of carbonyl (C=O) groups excluding carboxylic acids is 1. The lowest BCUT2D eigenvalue weighted by Gasteiger charge is -2.31. The van der Waals surface area contributed by atoms with Crippen LogP contribution in [0.2, 0.25) is 0 Å². The molecule has 0 unspecified atom stereocenters. The SMILES string of the molecule is O=C1N[C@H](c2ccc(SC(F)(F)F)cc2)C(F)(F)CO1. The zero-order valence-electron chi connectivity index (χ0n) is 9.71. The highest BCUT2D eigenvalue weighted by atomic mass is 32.2. The van der Waals surface area contributed by atoms with Gasteiger partial charge in [0.1, 0.15) is 6.04 Å². The molecule has 0 bridgehead atoms. The first kappa shape index (κ1) is 14.9. The van der Waals surface area contributed by atoms with Crippen molar-refractivity contribution in [3.05, 3.63) is 29.8 Å². The number of hydrogen-bond acceptors (Lipinski definition) is 3. The van der Waals surface area contributed by atoms with E-state index in [-0.39, 0.29) is 22.2 Å². The highest BCUT2D eigenvalue weighted by molar-refractivity contribution is 8.00. The summed E-state index contributed by atoms with van der Waals surface area (Å²) in [5.74, 6) is -3.33. The van der Waals surface area contributed by atoms with Crippen molar-refractivity contribution in [3.8, 4) is 0 Å².